The fraction of sp³-hybridized carbons (Fsp3) is 0.471. The average Bonchev–Trinajstić information content (AvgIpc) is 3.15. The van der Waals surface area contributed by atoms with Crippen LogP contribution in [0.3, 0.4) is 0 Å². The molecule has 0 amide bonds. The van der Waals surface area contributed by atoms with Crippen molar-refractivity contribution < 1.29 is 4.39 Å². The second kappa shape index (κ2) is 6.73. The van der Waals surface area contributed by atoms with Crippen molar-refractivity contribution in [3.63, 3.8) is 0 Å². The van der Waals surface area contributed by atoms with Crippen molar-refractivity contribution >= 4 is 15.9 Å². The molecular weight excluding hydrogens is 331 g/mol. The fourth-order valence-corrected chi connectivity index (χ4v) is 3.74. The lowest BCUT2D eigenvalue weighted by molar-refractivity contribution is 0.461. The molecule has 3 rings (SSSR count). The summed E-state index contributed by atoms with van der Waals surface area (Å²) in [5.74, 6) is 0.0857. The van der Waals surface area contributed by atoms with Gasteiger partial charge in [0.25, 0.3) is 0 Å². The summed E-state index contributed by atoms with van der Waals surface area (Å²) in [6, 6.07) is 9.56. The molecule has 0 bridgehead atoms. The first-order valence-electron chi connectivity index (χ1n) is 7.61. The summed E-state index contributed by atoms with van der Waals surface area (Å²) in [4.78, 5) is 0. The summed E-state index contributed by atoms with van der Waals surface area (Å²) in [5.41, 5.74) is 2.12. The zero-order valence-corrected chi connectivity index (χ0v) is 13.6. The number of aromatic nitrogens is 2. The Morgan fingerprint density at radius 3 is 2.81 bits per heavy atom. The Morgan fingerprint density at radius 2 is 2.10 bits per heavy atom. The molecule has 1 saturated carbocycles. The van der Waals surface area contributed by atoms with E-state index in [9.17, 15) is 4.39 Å². The minimum Gasteiger partial charge on any atom is -0.269 e. The van der Waals surface area contributed by atoms with Gasteiger partial charge in [-0.15, -0.1) is 0 Å². The summed E-state index contributed by atoms with van der Waals surface area (Å²) in [7, 11) is 0. The molecule has 1 aliphatic rings. The van der Waals surface area contributed by atoms with E-state index >= 15 is 0 Å². The third kappa shape index (κ3) is 3.54. The highest BCUT2D eigenvalue weighted by Crippen LogP contribution is 2.29. The Balaban J connectivity index is 1.72. The first-order valence-corrected chi connectivity index (χ1v) is 8.74. The molecule has 2 nitrogen and oxygen atoms in total. The normalized spacial score (nSPS) is 17.2. The van der Waals surface area contributed by atoms with E-state index in [1.165, 1.54) is 31.7 Å². The second-order valence-corrected chi connectivity index (χ2v) is 6.48. The van der Waals surface area contributed by atoms with Gasteiger partial charge in [0.05, 0.1) is 11.7 Å². The van der Waals surface area contributed by atoms with Crippen LogP contribution >= 0.6 is 15.9 Å². The molecule has 0 aliphatic heterocycles. The molecule has 1 unspecified atom stereocenters. The van der Waals surface area contributed by atoms with Gasteiger partial charge in [-0.2, -0.15) is 5.10 Å². The molecule has 1 aliphatic carbocycles. The molecule has 4 heteroatoms. The Bertz CT molecular complexity index is 590. The van der Waals surface area contributed by atoms with Crippen molar-refractivity contribution in [2.75, 3.05) is 5.33 Å². The van der Waals surface area contributed by atoms with Gasteiger partial charge in [0.15, 0.2) is 0 Å². The molecular formula is C17H20BrFN2. The largest absolute Gasteiger partial charge is 0.269 e. The standard InChI is InChI=1S/C17H20BrFN2/c18-12-14(13-4-3-5-15(19)10-13)11-16-8-9-21(20-16)17-6-1-2-7-17/h3-5,8-10,14,17H,1-2,6-7,11-12H2. The number of hydrogen-bond acceptors (Lipinski definition) is 1. The van der Waals surface area contributed by atoms with Gasteiger partial charge < -0.3 is 0 Å². The summed E-state index contributed by atoms with van der Waals surface area (Å²) in [6.45, 7) is 0. The smallest absolute Gasteiger partial charge is 0.123 e. The van der Waals surface area contributed by atoms with Crippen LogP contribution in [0.2, 0.25) is 0 Å². The number of nitrogens with zero attached hydrogens (tertiary/aromatic N) is 2. The zero-order valence-electron chi connectivity index (χ0n) is 12.0. The number of benzene rings is 1. The van der Waals surface area contributed by atoms with Crippen LogP contribution in [0.5, 0.6) is 0 Å². The van der Waals surface area contributed by atoms with Gasteiger partial charge in [0.1, 0.15) is 5.82 Å². The Morgan fingerprint density at radius 1 is 1.29 bits per heavy atom. The molecule has 1 aromatic heterocycles. The predicted molar refractivity (Wildman–Crippen MR) is 86.4 cm³/mol. The van der Waals surface area contributed by atoms with Crippen molar-refractivity contribution in [3.05, 3.63) is 53.6 Å². The molecule has 21 heavy (non-hydrogen) atoms. The van der Waals surface area contributed by atoms with Crippen LogP contribution in [0.4, 0.5) is 4.39 Å². The zero-order chi connectivity index (χ0) is 14.7. The first kappa shape index (κ1) is 14.8. The lowest BCUT2D eigenvalue weighted by atomic mass is 9.96. The quantitative estimate of drug-likeness (QED) is 0.704. The maximum Gasteiger partial charge on any atom is 0.123 e. The van der Waals surface area contributed by atoms with E-state index in [2.05, 4.69) is 32.9 Å². The first-order chi connectivity index (χ1) is 10.3. The SMILES string of the molecule is Fc1cccc(C(CBr)Cc2ccn(C3CCCC3)n2)c1. The summed E-state index contributed by atoms with van der Waals surface area (Å²) in [6.07, 6.45) is 8.05. The van der Waals surface area contributed by atoms with Gasteiger partial charge in [-0.3, -0.25) is 4.68 Å². The van der Waals surface area contributed by atoms with Gasteiger partial charge in [0.2, 0.25) is 0 Å². The Hall–Kier alpha value is -1.16. The van der Waals surface area contributed by atoms with Crippen LogP contribution in [0.15, 0.2) is 36.5 Å². The highest BCUT2D eigenvalue weighted by Gasteiger charge is 2.19. The summed E-state index contributed by atoms with van der Waals surface area (Å²) < 4.78 is 15.5. The highest BCUT2D eigenvalue weighted by molar-refractivity contribution is 9.09. The molecule has 112 valence electrons. The second-order valence-electron chi connectivity index (χ2n) is 5.84. The molecule has 0 N–H and O–H groups in total. The number of alkyl halides is 1. The van der Waals surface area contributed by atoms with Gasteiger partial charge in [0, 0.05) is 11.5 Å². The van der Waals surface area contributed by atoms with Gasteiger partial charge >= 0.3 is 0 Å². The van der Waals surface area contributed by atoms with Crippen LogP contribution in [-0.4, -0.2) is 15.1 Å². The molecule has 0 spiro atoms. The monoisotopic (exact) mass is 350 g/mol. The third-order valence-electron chi connectivity index (χ3n) is 4.32. The van der Waals surface area contributed by atoms with Crippen LogP contribution in [0.1, 0.15) is 48.9 Å². The number of hydrogen-bond donors (Lipinski definition) is 0. The van der Waals surface area contributed by atoms with E-state index in [0.717, 1.165) is 23.0 Å². The molecule has 0 saturated heterocycles. The van der Waals surface area contributed by atoms with Crippen molar-refractivity contribution in [2.24, 2.45) is 0 Å². The van der Waals surface area contributed by atoms with E-state index in [1.54, 1.807) is 12.1 Å². The van der Waals surface area contributed by atoms with Gasteiger partial charge in [-0.25, -0.2) is 4.39 Å². The molecule has 1 fully saturated rings. The molecule has 0 radical (unpaired) electrons. The van der Waals surface area contributed by atoms with E-state index in [1.807, 2.05) is 6.07 Å². The van der Waals surface area contributed by atoms with E-state index in [-0.39, 0.29) is 11.7 Å². The van der Waals surface area contributed by atoms with Gasteiger partial charge in [-0.05, 0) is 48.9 Å². The fourth-order valence-electron chi connectivity index (χ4n) is 3.13. The predicted octanol–water partition coefficient (Wildman–Crippen LogP) is 4.86. The lowest BCUT2D eigenvalue weighted by Gasteiger charge is -2.13. The number of rotatable bonds is 5. The maximum atomic E-state index is 13.4. The minimum atomic E-state index is -0.171. The summed E-state index contributed by atoms with van der Waals surface area (Å²) in [5, 5.41) is 5.54. The highest BCUT2D eigenvalue weighted by atomic mass is 79.9. The summed E-state index contributed by atoms with van der Waals surface area (Å²) >= 11 is 3.55. The van der Waals surface area contributed by atoms with Crippen molar-refractivity contribution in [1.29, 1.82) is 0 Å². The van der Waals surface area contributed by atoms with Crippen LogP contribution < -0.4 is 0 Å². The van der Waals surface area contributed by atoms with Crippen LogP contribution in [-0.2, 0) is 6.42 Å². The van der Waals surface area contributed by atoms with E-state index < -0.39 is 0 Å². The number of halogens is 2. The third-order valence-corrected chi connectivity index (χ3v) is 5.11. The lowest BCUT2D eigenvalue weighted by Crippen LogP contribution is -2.08. The molecule has 1 heterocycles. The molecule has 1 atom stereocenters. The van der Waals surface area contributed by atoms with Crippen molar-refractivity contribution in [1.82, 2.24) is 9.78 Å². The van der Waals surface area contributed by atoms with Gasteiger partial charge in [-0.1, -0.05) is 40.9 Å². The average molecular weight is 351 g/mol. The Labute approximate surface area is 133 Å². The van der Waals surface area contributed by atoms with Crippen molar-refractivity contribution in [3.8, 4) is 0 Å². The maximum absolute atomic E-state index is 13.4. The van der Waals surface area contributed by atoms with Crippen LogP contribution in [0.25, 0.3) is 0 Å². The molecule has 1 aromatic carbocycles. The van der Waals surface area contributed by atoms with Crippen molar-refractivity contribution in [2.45, 2.75) is 44.1 Å². The van der Waals surface area contributed by atoms with E-state index in [0.29, 0.717) is 6.04 Å². The van der Waals surface area contributed by atoms with E-state index in [4.69, 9.17) is 5.10 Å². The molecule has 2 aromatic rings. The Kier molecular flexibility index (Phi) is 4.73. The topological polar surface area (TPSA) is 17.8 Å². The minimum absolute atomic E-state index is 0.171. The van der Waals surface area contributed by atoms with Crippen LogP contribution in [0, 0.1) is 5.82 Å².